The Balaban J connectivity index is 2.11. The molecular formula is C8H15ClO3S. The average Bonchev–Trinajstić information content (AvgIpc) is 2.04. The van der Waals surface area contributed by atoms with Crippen molar-refractivity contribution in [2.24, 2.45) is 5.92 Å². The fourth-order valence-electron chi connectivity index (χ4n) is 1.58. The first-order valence-corrected chi connectivity index (χ1v) is 7.06. The zero-order valence-corrected chi connectivity index (χ0v) is 9.11. The van der Waals surface area contributed by atoms with Crippen molar-refractivity contribution in [2.75, 3.05) is 19.0 Å². The van der Waals surface area contributed by atoms with Crippen molar-refractivity contribution in [2.45, 2.75) is 25.7 Å². The van der Waals surface area contributed by atoms with Crippen molar-refractivity contribution in [3.8, 4) is 0 Å². The van der Waals surface area contributed by atoms with Crippen LogP contribution in [0.3, 0.4) is 0 Å². The predicted molar refractivity (Wildman–Crippen MR) is 52.4 cm³/mol. The fraction of sp³-hybridized carbons (Fsp3) is 1.00. The molecule has 1 saturated heterocycles. The Morgan fingerprint density at radius 2 is 1.92 bits per heavy atom. The molecule has 0 saturated carbocycles. The van der Waals surface area contributed by atoms with Crippen LogP contribution in [-0.2, 0) is 13.8 Å². The fourth-order valence-corrected chi connectivity index (χ4v) is 2.42. The van der Waals surface area contributed by atoms with Crippen LogP contribution in [0.1, 0.15) is 25.7 Å². The standard InChI is InChI=1S/C8H15ClO3S/c9-13(10,11)7-1-2-8-3-5-12-6-4-8/h8H,1-7H2. The van der Waals surface area contributed by atoms with E-state index in [9.17, 15) is 8.42 Å². The summed E-state index contributed by atoms with van der Waals surface area (Å²) >= 11 is 0. The Kier molecular flexibility index (Phi) is 4.49. The highest BCUT2D eigenvalue weighted by molar-refractivity contribution is 8.13. The number of rotatable bonds is 4. The summed E-state index contributed by atoms with van der Waals surface area (Å²) < 4.78 is 26.4. The van der Waals surface area contributed by atoms with Gasteiger partial charge in [-0.15, -0.1) is 0 Å². The smallest absolute Gasteiger partial charge is 0.232 e. The highest BCUT2D eigenvalue weighted by atomic mass is 35.7. The second-order valence-electron chi connectivity index (χ2n) is 3.44. The Morgan fingerprint density at radius 1 is 1.31 bits per heavy atom. The van der Waals surface area contributed by atoms with Gasteiger partial charge >= 0.3 is 0 Å². The van der Waals surface area contributed by atoms with E-state index < -0.39 is 9.05 Å². The van der Waals surface area contributed by atoms with Crippen LogP contribution in [0.4, 0.5) is 0 Å². The van der Waals surface area contributed by atoms with Crippen LogP contribution in [0.5, 0.6) is 0 Å². The van der Waals surface area contributed by atoms with Crippen LogP contribution >= 0.6 is 10.7 Å². The molecule has 1 aliphatic heterocycles. The maximum atomic E-state index is 10.6. The van der Waals surface area contributed by atoms with Crippen molar-refractivity contribution in [1.82, 2.24) is 0 Å². The van der Waals surface area contributed by atoms with Crippen molar-refractivity contribution >= 4 is 19.7 Å². The van der Waals surface area contributed by atoms with Gasteiger partial charge in [0.15, 0.2) is 0 Å². The third kappa shape index (κ3) is 5.49. The van der Waals surface area contributed by atoms with E-state index in [1.165, 1.54) is 0 Å². The van der Waals surface area contributed by atoms with Crippen molar-refractivity contribution < 1.29 is 13.2 Å². The molecule has 0 N–H and O–H groups in total. The molecule has 3 nitrogen and oxygen atoms in total. The SMILES string of the molecule is O=S(=O)(Cl)CCCC1CCOCC1. The summed E-state index contributed by atoms with van der Waals surface area (Å²) in [5.74, 6) is 0.735. The van der Waals surface area contributed by atoms with E-state index in [-0.39, 0.29) is 5.75 Å². The van der Waals surface area contributed by atoms with E-state index in [0.717, 1.165) is 32.5 Å². The molecule has 0 atom stereocenters. The second-order valence-corrected chi connectivity index (χ2v) is 6.34. The summed E-state index contributed by atoms with van der Waals surface area (Å²) in [6.07, 6.45) is 3.75. The highest BCUT2D eigenvalue weighted by Gasteiger charge is 2.14. The highest BCUT2D eigenvalue weighted by Crippen LogP contribution is 2.20. The number of hydrogen-bond acceptors (Lipinski definition) is 3. The Hall–Kier alpha value is 0.200. The zero-order valence-electron chi connectivity index (χ0n) is 7.54. The van der Waals surface area contributed by atoms with Crippen LogP contribution in [0.25, 0.3) is 0 Å². The number of ether oxygens (including phenoxy) is 1. The average molecular weight is 227 g/mol. The summed E-state index contributed by atoms with van der Waals surface area (Å²) in [5, 5.41) is 0. The molecule has 13 heavy (non-hydrogen) atoms. The first kappa shape index (κ1) is 11.3. The third-order valence-corrected chi connectivity index (χ3v) is 3.58. The number of hydrogen-bond donors (Lipinski definition) is 0. The van der Waals surface area contributed by atoms with E-state index >= 15 is 0 Å². The molecule has 1 aliphatic rings. The van der Waals surface area contributed by atoms with Gasteiger partial charge in [-0.25, -0.2) is 8.42 Å². The van der Waals surface area contributed by atoms with E-state index in [2.05, 4.69) is 0 Å². The summed E-state index contributed by atoms with van der Waals surface area (Å²) in [4.78, 5) is 0. The minimum Gasteiger partial charge on any atom is -0.381 e. The lowest BCUT2D eigenvalue weighted by Gasteiger charge is -2.21. The van der Waals surface area contributed by atoms with E-state index in [1.807, 2.05) is 0 Å². The first-order chi connectivity index (χ1) is 6.08. The van der Waals surface area contributed by atoms with E-state index in [0.29, 0.717) is 12.3 Å². The maximum Gasteiger partial charge on any atom is 0.232 e. The van der Waals surface area contributed by atoms with Crippen molar-refractivity contribution in [3.63, 3.8) is 0 Å². The molecule has 0 aromatic heterocycles. The van der Waals surface area contributed by atoms with Crippen LogP contribution < -0.4 is 0 Å². The van der Waals surface area contributed by atoms with Crippen LogP contribution in [0, 0.1) is 5.92 Å². The maximum absolute atomic E-state index is 10.6. The summed E-state index contributed by atoms with van der Waals surface area (Å²) in [6, 6.07) is 0. The topological polar surface area (TPSA) is 43.4 Å². The molecule has 0 amide bonds. The van der Waals surface area contributed by atoms with Gasteiger partial charge in [-0.1, -0.05) is 0 Å². The van der Waals surface area contributed by atoms with Gasteiger partial charge in [0.2, 0.25) is 9.05 Å². The van der Waals surface area contributed by atoms with Crippen LogP contribution in [0.15, 0.2) is 0 Å². The quantitative estimate of drug-likeness (QED) is 0.687. The summed E-state index contributed by atoms with van der Waals surface area (Å²) in [6.45, 7) is 1.64. The van der Waals surface area contributed by atoms with Gasteiger partial charge < -0.3 is 4.74 Å². The molecule has 1 heterocycles. The second kappa shape index (κ2) is 5.17. The minimum absolute atomic E-state index is 0.103. The molecule has 0 unspecified atom stereocenters. The zero-order chi connectivity index (χ0) is 9.73. The Labute approximate surface area is 83.8 Å². The van der Waals surface area contributed by atoms with Gasteiger partial charge in [0.25, 0.3) is 0 Å². The molecule has 0 aromatic carbocycles. The predicted octanol–water partition coefficient (Wildman–Crippen LogP) is 1.76. The Morgan fingerprint density at radius 3 is 2.46 bits per heavy atom. The first-order valence-electron chi connectivity index (χ1n) is 4.58. The Bertz CT molecular complexity index is 232. The summed E-state index contributed by atoms with van der Waals surface area (Å²) in [7, 11) is 1.81. The van der Waals surface area contributed by atoms with Gasteiger partial charge in [0, 0.05) is 23.9 Å². The molecule has 0 spiro atoms. The van der Waals surface area contributed by atoms with Gasteiger partial charge in [0.1, 0.15) is 0 Å². The monoisotopic (exact) mass is 226 g/mol. The van der Waals surface area contributed by atoms with Gasteiger partial charge in [0.05, 0.1) is 5.75 Å². The molecule has 1 rings (SSSR count). The molecule has 5 heteroatoms. The van der Waals surface area contributed by atoms with Crippen LogP contribution in [0.2, 0.25) is 0 Å². The molecular weight excluding hydrogens is 212 g/mol. The molecule has 0 radical (unpaired) electrons. The van der Waals surface area contributed by atoms with Gasteiger partial charge in [-0.3, -0.25) is 0 Å². The largest absolute Gasteiger partial charge is 0.381 e. The lowest BCUT2D eigenvalue weighted by Crippen LogP contribution is -2.16. The molecule has 0 aromatic rings. The molecule has 78 valence electrons. The molecule has 1 fully saturated rings. The van der Waals surface area contributed by atoms with Gasteiger partial charge in [-0.05, 0) is 31.6 Å². The molecule has 0 aliphatic carbocycles. The minimum atomic E-state index is -3.28. The van der Waals surface area contributed by atoms with E-state index in [4.69, 9.17) is 15.4 Å². The van der Waals surface area contributed by atoms with Crippen molar-refractivity contribution in [1.29, 1.82) is 0 Å². The molecule has 0 bridgehead atoms. The number of halogens is 1. The third-order valence-electron chi connectivity index (χ3n) is 2.34. The lowest BCUT2D eigenvalue weighted by molar-refractivity contribution is 0.0638. The van der Waals surface area contributed by atoms with Crippen LogP contribution in [-0.4, -0.2) is 27.4 Å². The van der Waals surface area contributed by atoms with E-state index in [1.54, 1.807) is 0 Å². The van der Waals surface area contributed by atoms with Crippen molar-refractivity contribution in [3.05, 3.63) is 0 Å². The lowest BCUT2D eigenvalue weighted by atomic mass is 9.95. The summed E-state index contributed by atoms with van der Waals surface area (Å²) in [5.41, 5.74) is 0. The van der Waals surface area contributed by atoms with Gasteiger partial charge in [-0.2, -0.15) is 0 Å². The normalized spacial score (nSPS) is 20.4.